The number of rotatable bonds is 3. The number of nitrogens with one attached hydrogen (secondary N) is 1. The van der Waals surface area contributed by atoms with Crippen LogP contribution < -0.4 is 10.2 Å². The van der Waals surface area contributed by atoms with Gasteiger partial charge in [-0.05, 0) is 31.2 Å². The van der Waals surface area contributed by atoms with Crippen LogP contribution in [0.5, 0.6) is 0 Å². The van der Waals surface area contributed by atoms with E-state index in [9.17, 15) is 9.59 Å². The van der Waals surface area contributed by atoms with Crippen molar-refractivity contribution in [1.29, 1.82) is 0 Å². The Hall–Kier alpha value is -1.40. The van der Waals surface area contributed by atoms with Gasteiger partial charge >= 0.3 is 5.97 Å². The zero-order chi connectivity index (χ0) is 14.0. The molecule has 1 saturated heterocycles. The summed E-state index contributed by atoms with van der Waals surface area (Å²) in [6.45, 7) is 2.48. The second kappa shape index (κ2) is 5.71. The summed E-state index contributed by atoms with van der Waals surface area (Å²) < 4.78 is 0.939. The van der Waals surface area contributed by atoms with Crippen LogP contribution in [0.4, 0.5) is 5.69 Å². The maximum atomic E-state index is 12.3. The van der Waals surface area contributed by atoms with E-state index in [1.807, 2.05) is 31.2 Å². The van der Waals surface area contributed by atoms with Crippen LogP contribution in [0.15, 0.2) is 28.7 Å². The van der Waals surface area contributed by atoms with Crippen molar-refractivity contribution >= 4 is 33.5 Å². The minimum Gasteiger partial charge on any atom is -0.481 e. The van der Waals surface area contributed by atoms with Gasteiger partial charge in [-0.25, -0.2) is 0 Å². The summed E-state index contributed by atoms with van der Waals surface area (Å²) in [6.07, 6.45) is -0.198. The van der Waals surface area contributed by atoms with Crippen molar-refractivity contribution in [3.63, 3.8) is 0 Å². The van der Waals surface area contributed by atoms with Crippen LogP contribution in [0, 0.1) is 0 Å². The number of carboxylic acid groups (broad SMARTS) is 1. The van der Waals surface area contributed by atoms with Crippen molar-refractivity contribution in [1.82, 2.24) is 5.32 Å². The Morgan fingerprint density at radius 2 is 2.11 bits per heavy atom. The highest BCUT2D eigenvalue weighted by Gasteiger charge is 2.33. The molecule has 102 valence electrons. The average molecular weight is 327 g/mol. The molecule has 1 aromatic rings. The largest absolute Gasteiger partial charge is 0.481 e. The molecule has 0 spiro atoms. The first-order chi connectivity index (χ1) is 8.97. The summed E-state index contributed by atoms with van der Waals surface area (Å²) in [7, 11) is 0. The van der Waals surface area contributed by atoms with Crippen molar-refractivity contribution < 1.29 is 14.7 Å². The summed E-state index contributed by atoms with van der Waals surface area (Å²) >= 11 is 3.35. The van der Waals surface area contributed by atoms with Gasteiger partial charge in [0.25, 0.3) is 0 Å². The van der Waals surface area contributed by atoms with E-state index >= 15 is 0 Å². The number of carbonyl (C=O) groups is 2. The lowest BCUT2D eigenvalue weighted by atomic mass is 10.1. The molecule has 19 heavy (non-hydrogen) atoms. The van der Waals surface area contributed by atoms with E-state index in [-0.39, 0.29) is 18.4 Å². The predicted octanol–water partition coefficient (Wildman–Crippen LogP) is 1.62. The van der Waals surface area contributed by atoms with E-state index < -0.39 is 12.0 Å². The van der Waals surface area contributed by atoms with Gasteiger partial charge in [-0.1, -0.05) is 15.9 Å². The first-order valence-electron chi connectivity index (χ1n) is 6.02. The maximum Gasteiger partial charge on any atom is 0.305 e. The first-order valence-corrected chi connectivity index (χ1v) is 6.81. The van der Waals surface area contributed by atoms with E-state index in [4.69, 9.17) is 5.11 Å². The lowest BCUT2D eigenvalue weighted by Crippen LogP contribution is -2.59. The molecule has 1 aromatic carbocycles. The van der Waals surface area contributed by atoms with Crippen LogP contribution in [0.1, 0.15) is 13.3 Å². The highest BCUT2D eigenvalue weighted by Crippen LogP contribution is 2.22. The summed E-state index contributed by atoms with van der Waals surface area (Å²) in [5.41, 5.74) is 0.789. The number of carbonyl (C=O) groups excluding carboxylic acids is 1. The molecule has 1 amide bonds. The molecular weight excluding hydrogens is 312 g/mol. The second-order valence-corrected chi connectivity index (χ2v) is 5.56. The molecule has 0 bridgehead atoms. The Bertz CT molecular complexity index is 489. The molecule has 1 aliphatic heterocycles. The Labute approximate surface area is 119 Å². The molecule has 1 aliphatic rings. The fourth-order valence-electron chi connectivity index (χ4n) is 2.19. The minimum atomic E-state index is -0.976. The standard InChI is InChI=1S/C13H15BrN2O3/c1-8-7-16(10-4-2-9(14)3-5-10)13(19)11(15-8)6-12(17)18/h2-5,8,11,15H,6-7H2,1H3,(H,17,18). The van der Waals surface area contributed by atoms with Gasteiger partial charge in [0.05, 0.1) is 12.5 Å². The average Bonchev–Trinajstić information content (AvgIpc) is 2.34. The molecular formula is C13H15BrN2O3. The molecule has 2 rings (SSSR count). The van der Waals surface area contributed by atoms with Crippen LogP contribution in [0.25, 0.3) is 0 Å². The molecule has 0 aliphatic carbocycles. The summed E-state index contributed by atoms with van der Waals surface area (Å²) in [5.74, 6) is -1.17. The lowest BCUT2D eigenvalue weighted by molar-refractivity contribution is -0.140. The predicted molar refractivity (Wildman–Crippen MR) is 75.1 cm³/mol. The van der Waals surface area contributed by atoms with Crippen LogP contribution in [-0.2, 0) is 9.59 Å². The lowest BCUT2D eigenvalue weighted by Gasteiger charge is -2.36. The van der Waals surface area contributed by atoms with Gasteiger partial charge < -0.3 is 15.3 Å². The minimum absolute atomic E-state index is 0.0608. The van der Waals surface area contributed by atoms with E-state index in [2.05, 4.69) is 21.2 Å². The zero-order valence-corrected chi connectivity index (χ0v) is 12.1. The van der Waals surface area contributed by atoms with Gasteiger partial charge in [-0.15, -0.1) is 0 Å². The number of aliphatic carboxylic acids is 1. The van der Waals surface area contributed by atoms with Crippen LogP contribution in [0.2, 0.25) is 0 Å². The van der Waals surface area contributed by atoms with Gasteiger partial charge in [0, 0.05) is 22.7 Å². The Morgan fingerprint density at radius 3 is 2.68 bits per heavy atom. The molecule has 6 heteroatoms. The summed E-state index contributed by atoms with van der Waals surface area (Å²) in [6, 6.07) is 6.81. The smallest absolute Gasteiger partial charge is 0.305 e. The molecule has 0 saturated carbocycles. The van der Waals surface area contributed by atoms with E-state index in [0.717, 1.165) is 10.2 Å². The fraction of sp³-hybridized carbons (Fsp3) is 0.385. The zero-order valence-electron chi connectivity index (χ0n) is 10.5. The van der Waals surface area contributed by atoms with E-state index in [1.54, 1.807) is 4.90 Å². The van der Waals surface area contributed by atoms with Crippen molar-refractivity contribution in [2.75, 3.05) is 11.4 Å². The number of halogens is 1. The van der Waals surface area contributed by atoms with Gasteiger partial charge in [0.1, 0.15) is 0 Å². The third-order valence-electron chi connectivity index (χ3n) is 3.02. The number of hydrogen-bond donors (Lipinski definition) is 2. The number of nitrogens with zero attached hydrogens (tertiary/aromatic N) is 1. The highest BCUT2D eigenvalue weighted by atomic mass is 79.9. The molecule has 0 aromatic heterocycles. The second-order valence-electron chi connectivity index (χ2n) is 4.64. The molecule has 5 nitrogen and oxygen atoms in total. The molecule has 2 atom stereocenters. The van der Waals surface area contributed by atoms with Gasteiger partial charge in [0.15, 0.2) is 0 Å². The number of amides is 1. The molecule has 2 N–H and O–H groups in total. The fourth-order valence-corrected chi connectivity index (χ4v) is 2.46. The van der Waals surface area contributed by atoms with E-state index in [1.165, 1.54) is 0 Å². The van der Waals surface area contributed by atoms with Gasteiger partial charge in [0.2, 0.25) is 5.91 Å². The van der Waals surface area contributed by atoms with Gasteiger partial charge in [-0.3, -0.25) is 9.59 Å². The first kappa shape index (κ1) is 14.0. The van der Waals surface area contributed by atoms with Crippen LogP contribution in [0.3, 0.4) is 0 Å². The normalized spacial score (nSPS) is 23.5. The van der Waals surface area contributed by atoms with E-state index in [0.29, 0.717) is 6.54 Å². The Morgan fingerprint density at radius 1 is 1.47 bits per heavy atom. The van der Waals surface area contributed by atoms with Crippen molar-refractivity contribution in [3.8, 4) is 0 Å². The third kappa shape index (κ3) is 3.33. The Balaban J connectivity index is 2.21. The van der Waals surface area contributed by atoms with Crippen LogP contribution >= 0.6 is 15.9 Å². The number of benzene rings is 1. The maximum absolute atomic E-state index is 12.3. The highest BCUT2D eigenvalue weighted by molar-refractivity contribution is 9.10. The monoisotopic (exact) mass is 326 g/mol. The number of hydrogen-bond acceptors (Lipinski definition) is 3. The molecule has 2 unspecified atom stereocenters. The topological polar surface area (TPSA) is 69.6 Å². The summed E-state index contributed by atoms with van der Waals surface area (Å²) in [5, 5.41) is 11.9. The van der Waals surface area contributed by atoms with Crippen LogP contribution in [-0.4, -0.2) is 35.6 Å². The van der Waals surface area contributed by atoms with Crippen molar-refractivity contribution in [3.05, 3.63) is 28.7 Å². The third-order valence-corrected chi connectivity index (χ3v) is 3.55. The van der Waals surface area contributed by atoms with Crippen molar-refractivity contribution in [2.45, 2.75) is 25.4 Å². The number of carboxylic acids is 1. The molecule has 1 heterocycles. The van der Waals surface area contributed by atoms with Gasteiger partial charge in [-0.2, -0.15) is 0 Å². The molecule has 1 fully saturated rings. The number of piperazine rings is 1. The molecule has 0 radical (unpaired) electrons. The summed E-state index contributed by atoms with van der Waals surface area (Å²) in [4.78, 5) is 24.7. The van der Waals surface area contributed by atoms with Crippen molar-refractivity contribution in [2.24, 2.45) is 0 Å². The quantitative estimate of drug-likeness (QED) is 0.885. The SMILES string of the molecule is CC1CN(c2ccc(Br)cc2)C(=O)C(CC(=O)O)N1. The Kier molecular flexibility index (Phi) is 4.21. The number of anilines is 1.